The highest BCUT2D eigenvalue weighted by Gasteiger charge is 2.16. The lowest BCUT2D eigenvalue weighted by Crippen LogP contribution is -2.39. The van der Waals surface area contributed by atoms with Crippen LogP contribution in [-0.4, -0.2) is 11.9 Å². The summed E-state index contributed by atoms with van der Waals surface area (Å²) >= 11 is 1.55. The Hall–Kier alpha value is -0.870. The van der Waals surface area contributed by atoms with Gasteiger partial charge in [-0.25, -0.2) is 0 Å². The lowest BCUT2D eigenvalue weighted by molar-refractivity contribution is -0.118. The van der Waals surface area contributed by atoms with Gasteiger partial charge < -0.3 is 11.1 Å². The third-order valence-electron chi connectivity index (χ3n) is 1.81. The molecule has 0 saturated carbocycles. The Morgan fingerprint density at radius 1 is 1.62 bits per heavy atom. The Labute approximate surface area is 81.9 Å². The average Bonchev–Trinajstić information content (AvgIpc) is 2.55. The van der Waals surface area contributed by atoms with Crippen LogP contribution in [0.4, 0.5) is 5.69 Å². The molecule has 1 aromatic heterocycles. The number of thiophene rings is 1. The van der Waals surface area contributed by atoms with Gasteiger partial charge in [0.15, 0.2) is 0 Å². The van der Waals surface area contributed by atoms with E-state index in [9.17, 15) is 4.79 Å². The monoisotopic (exact) mass is 198 g/mol. The molecular formula is C9H14N2OS. The molecule has 0 spiro atoms. The van der Waals surface area contributed by atoms with Gasteiger partial charge in [-0.15, -0.1) is 0 Å². The third-order valence-corrected chi connectivity index (χ3v) is 2.49. The number of anilines is 1. The summed E-state index contributed by atoms with van der Waals surface area (Å²) in [6.45, 7) is 3.86. The van der Waals surface area contributed by atoms with Gasteiger partial charge in [0.2, 0.25) is 5.91 Å². The molecule has 1 aromatic rings. The van der Waals surface area contributed by atoms with Crippen LogP contribution in [0.5, 0.6) is 0 Å². The van der Waals surface area contributed by atoms with Crippen molar-refractivity contribution in [3.63, 3.8) is 0 Å². The fraction of sp³-hybridized carbons (Fsp3) is 0.444. The highest BCUT2D eigenvalue weighted by molar-refractivity contribution is 7.08. The quantitative estimate of drug-likeness (QED) is 0.776. The van der Waals surface area contributed by atoms with E-state index in [2.05, 4.69) is 5.32 Å². The van der Waals surface area contributed by atoms with Crippen molar-refractivity contribution in [1.29, 1.82) is 0 Å². The standard InChI is InChI=1S/C9H14N2OS/c1-6(2)8(10)9(12)11-7-3-4-13-5-7/h3-6,8H,10H2,1-2H3,(H,11,12). The van der Waals surface area contributed by atoms with E-state index in [0.717, 1.165) is 5.69 Å². The first kappa shape index (κ1) is 10.2. The Bertz CT molecular complexity index is 269. The molecule has 0 aliphatic carbocycles. The number of nitrogens with two attached hydrogens (primary N) is 1. The van der Waals surface area contributed by atoms with Gasteiger partial charge >= 0.3 is 0 Å². The van der Waals surface area contributed by atoms with Gasteiger partial charge in [0, 0.05) is 5.38 Å². The number of hydrogen-bond acceptors (Lipinski definition) is 3. The van der Waals surface area contributed by atoms with Crippen LogP contribution in [0.1, 0.15) is 13.8 Å². The maximum atomic E-state index is 11.4. The van der Waals surface area contributed by atoms with Crippen LogP contribution in [0.3, 0.4) is 0 Å². The SMILES string of the molecule is CC(C)C(N)C(=O)Nc1ccsc1. The number of amides is 1. The van der Waals surface area contributed by atoms with E-state index in [-0.39, 0.29) is 11.8 Å². The minimum absolute atomic E-state index is 0.117. The Morgan fingerprint density at radius 2 is 2.31 bits per heavy atom. The van der Waals surface area contributed by atoms with Crippen LogP contribution < -0.4 is 11.1 Å². The first-order valence-corrected chi connectivity index (χ1v) is 5.14. The van der Waals surface area contributed by atoms with E-state index < -0.39 is 6.04 Å². The van der Waals surface area contributed by atoms with E-state index in [0.29, 0.717) is 0 Å². The molecule has 0 bridgehead atoms. The van der Waals surface area contributed by atoms with Gasteiger partial charge in [0.1, 0.15) is 0 Å². The molecule has 1 atom stereocenters. The van der Waals surface area contributed by atoms with E-state index in [1.54, 1.807) is 11.3 Å². The third kappa shape index (κ3) is 2.82. The predicted molar refractivity (Wildman–Crippen MR) is 55.8 cm³/mol. The summed E-state index contributed by atoms with van der Waals surface area (Å²) < 4.78 is 0. The van der Waals surface area contributed by atoms with Gasteiger partial charge in [0.05, 0.1) is 11.7 Å². The number of carbonyl (C=O) groups excluding carboxylic acids is 1. The fourth-order valence-corrected chi connectivity index (χ4v) is 1.45. The molecule has 3 N–H and O–H groups in total. The molecule has 0 aliphatic rings. The van der Waals surface area contributed by atoms with Crippen molar-refractivity contribution in [3.8, 4) is 0 Å². The van der Waals surface area contributed by atoms with Crippen molar-refractivity contribution in [3.05, 3.63) is 16.8 Å². The van der Waals surface area contributed by atoms with E-state index in [1.165, 1.54) is 0 Å². The molecule has 1 unspecified atom stereocenters. The molecule has 1 heterocycles. The summed E-state index contributed by atoms with van der Waals surface area (Å²) in [5.41, 5.74) is 6.49. The molecule has 0 fully saturated rings. The summed E-state index contributed by atoms with van der Waals surface area (Å²) in [5, 5.41) is 6.54. The van der Waals surface area contributed by atoms with Crippen LogP contribution in [0.15, 0.2) is 16.8 Å². The minimum Gasteiger partial charge on any atom is -0.324 e. The van der Waals surface area contributed by atoms with E-state index in [1.807, 2.05) is 30.7 Å². The first-order valence-electron chi connectivity index (χ1n) is 4.20. The molecule has 1 amide bonds. The summed E-state index contributed by atoms with van der Waals surface area (Å²) in [7, 11) is 0. The second-order valence-corrected chi connectivity index (χ2v) is 4.05. The Morgan fingerprint density at radius 3 is 2.77 bits per heavy atom. The molecule has 72 valence electrons. The largest absolute Gasteiger partial charge is 0.324 e. The molecule has 0 aromatic carbocycles. The second-order valence-electron chi connectivity index (χ2n) is 3.27. The lowest BCUT2D eigenvalue weighted by atomic mass is 10.1. The fourth-order valence-electron chi connectivity index (χ4n) is 0.864. The molecule has 0 aliphatic heterocycles. The predicted octanol–water partition coefficient (Wildman–Crippen LogP) is 1.67. The first-order chi connectivity index (χ1) is 6.11. The Kier molecular flexibility index (Phi) is 3.45. The van der Waals surface area contributed by atoms with Crippen molar-refractivity contribution in [1.82, 2.24) is 0 Å². The normalized spacial score (nSPS) is 12.9. The van der Waals surface area contributed by atoms with Crippen molar-refractivity contribution in [2.75, 3.05) is 5.32 Å². The van der Waals surface area contributed by atoms with Crippen LogP contribution in [0.25, 0.3) is 0 Å². The zero-order valence-corrected chi connectivity index (χ0v) is 8.60. The van der Waals surface area contributed by atoms with Gasteiger partial charge in [-0.05, 0) is 17.4 Å². The van der Waals surface area contributed by atoms with Crippen LogP contribution >= 0.6 is 11.3 Å². The second kappa shape index (κ2) is 4.39. The van der Waals surface area contributed by atoms with E-state index in [4.69, 9.17) is 5.73 Å². The van der Waals surface area contributed by atoms with Crippen molar-refractivity contribution >= 4 is 22.9 Å². The zero-order valence-electron chi connectivity index (χ0n) is 7.78. The average molecular weight is 198 g/mol. The van der Waals surface area contributed by atoms with Crippen molar-refractivity contribution in [2.45, 2.75) is 19.9 Å². The zero-order chi connectivity index (χ0) is 9.84. The van der Waals surface area contributed by atoms with Gasteiger partial charge in [-0.2, -0.15) is 11.3 Å². The van der Waals surface area contributed by atoms with Crippen molar-refractivity contribution in [2.24, 2.45) is 11.7 Å². The molecule has 0 saturated heterocycles. The molecule has 3 nitrogen and oxygen atoms in total. The topological polar surface area (TPSA) is 55.1 Å². The molecular weight excluding hydrogens is 184 g/mol. The molecule has 13 heavy (non-hydrogen) atoms. The smallest absolute Gasteiger partial charge is 0.241 e. The highest BCUT2D eigenvalue weighted by atomic mass is 32.1. The van der Waals surface area contributed by atoms with Crippen LogP contribution in [-0.2, 0) is 4.79 Å². The molecule has 4 heteroatoms. The number of carbonyl (C=O) groups is 1. The summed E-state index contributed by atoms with van der Waals surface area (Å²) in [6.07, 6.45) is 0. The number of hydrogen-bond donors (Lipinski definition) is 2. The number of nitrogens with one attached hydrogen (secondary N) is 1. The Balaban J connectivity index is 2.51. The van der Waals surface area contributed by atoms with Crippen LogP contribution in [0, 0.1) is 5.92 Å². The molecule has 0 radical (unpaired) electrons. The molecule has 1 rings (SSSR count). The highest BCUT2D eigenvalue weighted by Crippen LogP contribution is 2.12. The summed E-state index contributed by atoms with van der Waals surface area (Å²) in [5.74, 6) is 0.0482. The summed E-state index contributed by atoms with van der Waals surface area (Å²) in [4.78, 5) is 11.4. The van der Waals surface area contributed by atoms with Gasteiger partial charge in [-0.1, -0.05) is 13.8 Å². The summed E-state index contributed by atoms with van der Waals surface area (Å²) in [6, 6.07) is 1.43. The van der Waals surface area contributed by atoms with Gasteiger partial charge in [0.25, 0.3) is 0 Å². The lowest BCUT2D eigenvalue weighted by Gasteiger charge is -2.14. The number of rotatable bonds is 3. The van der Waals surface area contributed by atoms with Gasteiger partial charge in [-0.3, -0.25) is 4.79 Å². The van der Waals surface area contributed by atoms with E-state index >= 15 is 0 Å². The van der Waals surface area contributed by atoms with Crippen LogP contribution in [0.2, 0.25) is 0 Å². The maximum absolute atomic E-state index is 11.4. The maximum Gasteiger partial charge on any atom is 0.241 e. The minimum atomic E-state index is -0.431. The van der Waals surface area contributed by atoms with Crippen molar-refractivity contribution < 1.29 is 4.79 Å².